The first kappa shape index (κ1) is 12.9. The fourth-order valence-electron chi connectivity index (χ4n) is 2.05. The van der Waals surface area contributed by atoms with E-state index in [9.17, 15) is 10.1 Å². The number of hydrogen-bond donors (Lipinski definition) is 0. The van der Waals surface area contributed by atoms with Crippen LogP contribution in [0, 0.1) is 10.1 Å². The molecule has 0 aromatic rings. The molecule has 0 saturated heterocycles. The highest BCUT2D eigenvalue weighted by molar-refractivity contribution is 5.92. The molecule has 0 spiro atoms. The van der Waals surface area contributed by atoms with Gasteiger partial charge in [0.25, 0.3) is 5.71 Å². The fourth-order valence-corrected chi connectivity index (χ4v) is 2.05. The highest BCUT2D eigenvalue weighted by Gasteiger charge is 2.27. The van der Waals surface area contributed by atoms with Crippen LogP contribution < -0.4 is 0 Å². The number of hydrogen-bond acceptors (Lipinski definition) is 2. The maximum atomic E-state index is 10.8. The van der Waals surface area contributed by atoms with Gasteiger partial charge in [0.15, 0.2) is 0 Å². The Labute approximate surface area is 96.8 Å². The van der Waals surface area contributed by atoms with Crippen molar-refractivity contribution in [3.05, 3.63) is 21.9 Å². The molecular formula is C12H21N2O2+. The lowest BCUT2D eigenvalue weighted by molar-refractivity contribution is -0.538. The minimum Gasteiger partial charge on any atom is -0.258 e. The predicted octanol–water partition coefficient (Wildman–Crippen LogP) is 2.60. The Bertz CT molecular complexity index is 319. The summed E-state index contributed by atoms with van der Waals surface area (Å²) in [7, 11) is 0. The van der Waals surface area contributed by atoms with Crippen LogP contribution in [0.5, 0.6) is 0 Å². The number of allylic oxidation sites excluding steroid dienone is 1. The van der Waals surface area contributed by atoms with Gasteiger partial charge in [0.05, 0.1) is 4.92 Å². The van der Waals surface area contributed by atoms with E-state index < -0.39 is 0 Å². The van der Waals surface area contributed by atoms with Gasteiger partial charge in [0.2, 0.25) is 0 Å². The Morgan fingerprint density at radius 1 is 1.44 bits per heavy atom. The standard InChI is InChI=1S/C12H21N2O2/c1-3-4-5-6-9-13-10-7-8-12(11(13)2)14(15)16/h8H,3-7,9-10H2,1-2H3/q+1. The molecule has 0 atom stereocenters. The molecule has 4 heteroatoms. The van der Waals surface area contributed by atoms with E-state index in [1.54, 1.807) is 6.08 Å². The summed E-state index contributed by atoms with van der Waals surface area (Å²) in [5.41, 5.74) is 1.12. The van der Waals surface area contributed by atoms with E-state index in [0.29, 0.717) is 5.70 Å². The largest absolute Gasteiger partial charge is 0.330 e. The van der Waals surface area contributed by atoms with E-state index in [1.165, 1.54) is 19.3 Å². The van der Waals surface area contributed by atoms with Gasteiger partial charge in [-0.25, -0.2) is 4.58 Å². The minimum absolute atomic E-state index is 0.270. The molecule has 1 aliphatic heterocycles. The third kappa shape index (κ3) is 3.43. The van der Waals surface area contributed by atoms with E-state index in [4.69, 9.17) is 0 Å². The van der Waals surface area contributed by atoms with Gasteiger partial charge in [0.1, 0.15) is 13.1 Å². The molecule has 0 unspecified atom stereocenters. The first-order valence-corrected chi connectivity index (χ1v) is 6.10. The van der Waals surface area contributed by atoms with Crippen LogP contribution >= 0.6 is 0 Å². The summed E-state index contributed by atoms with van der Waals surface area (Å²) in [6.45, 7) is 5.92. The average molecular weight is 225 g/mol. The fraction of sp³-hybridized carbons (Fsp3) is 0.750. The molecule has 0 radical (unpaired) electrons. The van der Waals surface area contributed by atoms with Crippen molar-refractivity contribution >= 4 is 5.71 Å². The zero-order valence-electron chi connectivity index (χ0n) is 10.2. The van der Waals surface area contributed by atoms with Crippen LogP contribution in [0.15, 0.2) is 11.8 Å². The van der Waals surface area contributed by atoms with Crippen molar-refractivity contribution in [2.24, 2.45) is 0 Å². The van der Waals surface area contributed by atoms with Crippen LogP contribution in [-0.2, 0) is 0 Å². The lowest BCUT2D eigenvalue weighted by Crippen LogP contribution is -2.28. The van der Waals surface area contributed by atoms with E-state index in [0.717, 1.165) is 31.6 Å². The first-order valence-electron chi connectivity index (χ1n) is 6.10. The molecule has 4 nitrogen and oxygen atoms in total. The Balaban J connectivity index is 2.54. The lowest BCUT2D eigenvalue weighted by Gasteiger charge is -2.09. The van der Waals surface area contributed by atoms with E-state index in [1.807, 2.05) is 6.92 Å². The van der Waals surface area contributed by atoms with Crippen LogP contribution in [0.1, 0.15) is 46.0 Å². The highest BCUT2D eigenvalue weighted by atomic mass is 16.6. The Morgan fingerprint density at radius 2 is 2.19 bits per heavy atom. The molecule has 90 valence electrons. The monoisotopic (exact) mass is 225 g/mol. The molecule has 0 fully saturated rings. The van der Waals surface area contributed by atoms with Gasteiger partial charge in [-0.2, -0.15) is 0 Å². The average Bonchev–Trinajstić information content (AvgIpc) is 2.26. The van der Waals surface area contributed by atoms with E-state index in [2.05, 4.69) is 11.5 Å². The number of nitrogens with zero attached hydrogens (tertiary/aromatic N) is 2. The van der Waals surface area contributed by atoms with Crippen molar-refractivity contribution in [2.75, 3.05) is 13.1 Å². The third-order valence-corrected chi connectivity index (χ3v) is 3.06. The zero-order valence-corrected chi connectivity index (χ0v) is 10.2. The molecular weight excluding hydrogens is 204 g/mol. The van der Waals surface area contributed by atoms with Crippen LogP contribution in [0.4, 0.5) is 0 Å². The summed E-state index contributed by atoms with van der Waals surface area (Å²) in [6, 6.07) is 0. The summed E-state index contributed by atoms with van der Waals surface area (Å²) in [5, 5.41) is 10.8. The van der Waals surface area contributed by atoms with Gasteiger partial charge in [-0.15, -0.1) is 0 Å². The molecule has 1 heterocycles. The summed E-state index contributed by atoms with van der Waals surface area (Å²) in [6.07, 6.45) is 7.36. The second-order valence-corrected chi connectivity index (χ2v) is 4.27. The van der Waals surface area contributed by atoms with Crippen molar-refractivity contribution < 1.29 is 9.50 Å². The van der Waals surface area contributed by atoms with Gasteiger partial charge in [-0.3, -0.25) is 10.1 Å². The molecule has 16 heavy (non-hydrogen) atoms. The number of unbranched alkanes of at least 4 members (excludes halogenated alkanes) is 3. The van der Waals surface area contributed by atoms with Gasteiger partial charge in [0, 0.05) is 25.8 Å². The van der Waals surface area contributed by atoms with Crippen LogP contribution in [-0.4, -0.2) is 28.3 Å². The predicted molar refractivity (Wildman–Crippen MR) is 64.5 cm³/mol. The summed E-state index contributed by atoms with van der Waals surface area (Å²) < 4.78 is 2.15. The molecule has 1 rings (SSSR count). The van der Waals surface area contributed by atoms with Gasteiger partial charge in [-0.05, 0) is 6.42 Å². The summed E-state index contributed by atoms with van der Waals surface area (Å²) in [5.74, 6) is 0. The van der Waals surface area contributed by atoms with Crippen molar-refractivity contribution in [2.45, 2.75) is 46.0 Å². The Morgan fingerprint density at radius 3 is 2.81 bits per heavy atom. The molecule has 0 bridgehead atoms. The van der Waals surface area contributed by atoms with E-state index in [-0.39, 0.29) is 4.92 Å². The van der Waals surface area contributed by atoms with Crippen molar-refractivity contribution in [1.82, 2.24) is 0 Å². The zero-order chi connectivity index (χ0) is 12.0. The SMILES string of the molecule is CCCCCC[N+]1=C(C)C([N+](=O)[O-])=CCC1. The number of rotatable bonds is 6. The molecule has 0 aliphatic carbocycles. The molecule has 0 saturated carbocycles. The quantitative estimate of drug-likeness (QED) is 0.302. The maximum Gasteiger partial charge on any atom is 0.330 e. The normalized spacial score (nSPS) is 16.2. The molecule has 0 aromatic carbocycles. The Kier molecular flexibility index (Phi) is 5.15. The van der Waals surface area contributed by atoms with Crippen molar-refractivity contribution in [3.8, 4) is 0 Å². The van der Waals surface area contributed by atoms with Crippen LogP contribution in [0.2, 0.25) is 0 Å². The number of nitro groups is 1. The second kappa shape index (κ2) is 6.40. The maximum absolute atomic E-state index is 10.8. The van der Waals surface area contributed by atoms with Crippen LogP contribution in [0.3, 0.4) is 0 Å². The van der Waals surface area contributed by atoms with Crippen LogP contribution in [0.25, 0.3) is 0 Å². The Hall–Kier alpha value is -1.19. The first-order chi connectivity index (χ1) is 7.66. The minimum atomic E-state index is -0.270. The lowest BCUT2D eigenvalue weighted by atomic mass is 10.1. The molecule has 0 amide bonds. The summed E-state index contributed by atoms with van der Waals surface area (Å²) >= 11 is 0. The third-order valence-electron chi connectivity index (χ3n) is 3.06. The molecule has 0 aromatic heterocycles. The molecule has 1 aliphatic rings. The van der Waals surface area contributed by atoms with Crippen molar-refractivity contribution in [1.29, 1.82) is 0 Å². The van der Waals surface area contributed by atoms with Gasteiger partial charge >= 0.3 is 5.70 Å². The van der Waals surface area contributed by atoms with E-state index >= 15 is 0 Å². The summed E-state index contributed by atoms with van der Waals surface area (Å²) in [4.78, 5) is 10.5. The van der Waals surface area contributed by atoms with Gasteiger partial charge < -0.3 is 0 Å². The highest BCUT2D eigenvalue weighted by Crippen LogP contribution is 2.09. The van der Waals surface area contributed by atoms with Crippen molar-refractivity contribution in [3.63, 3.8) is 0 Å². The topological polar surface area (TPSA) is 46.1 Å². The second-order valence-electron chi connectivity index (χ2n) is 4.27. The molecule has 0 N–H and O–H groups in total. The van der Waals surface area contributed by atoms with Gasteiger partial charge in [-0.1, -0.05) is 19.8 Å². The smallest absolute Gasteiger partial charge is 0.258 e.